The van der Waals surface area contributed by atoms with E-state index in [2.05, 4.69) is 39.9 Å². The summed E-state index contributed by atoms with van der Waals surface area (Å²) in [5, 5.41) is 6.61. The summed E-state index contributed by atoms with van der Waals surface area (Å²) in [6.07, 6.45) is 1.03. The number of hydrogen-bond donors (Lipinski definition) is 2. The topological polar surface area (TPSA) is 45.7 Å². The third-order valence-corrected chi connectivity index (χ3v) is 3.41. The predicted octanol–water partition coefficient (Wildman–Crippen LogP) is 3.48. The van der Waals surface area contributed by atoms with Gasteiger partial charge in [-0.05, 0) is 31.0 Å². The lowest BCUT2D eigenvalue weighted by molar-refractivity contribution is 0.224. The van der Waals surface area contributed by atoms with Crippen LogP contribution in [0, 0.1) is 0 Å². The highest BCUT2D eigenvalue weighted by Gasteiger charge is 2.05. The second-order valence-corrected chi connectivity index (χ2v) is 5.36. The molecule has 1 unspecified atom stereocenters. The van der Waals surface area contributed by atoms with Gasteiger partial charge in [0.1, 0.15) is 11.9 Å². The maximum Gasteiger partial charge on any atom is 0.191 e. The summed E-state index contributed by atoms with van der Waals surface area (Å²) < 4.78 is 5.84. The lowest BCUT2D eigenvalue weighted by atomic mass is 10.1. The first-order valence-electron chi connectivity index (χ1n) is 7.98. The van der Waals surface area contributed by atoms with Crippen LogP contribution in [0.2, 0.25) is 0 Å². The second-order valence-electron chi connectivity index (χ2n) is 5.36. The molecule has 2 aromatic rings. The van der Waals surface area contributed by atoms with E-state index >= 15 is 0 Å². The number of guanidine groups is 1. The molecule has 0 radical (unpaired) electrons. The fourth-order valence-electron chi connectivity index (χ4n) is 2.20. The molecule has 0 fully saturated rings. The van der Waals surface area contributed by atoms with Gasteiger partial charge in [0.2, 0.25) is 0 Å². The molecule has 0 aromatic heterocycles. The first kappa shape index (κ1) is 20.3. The number of nitrogens with zero attached hydrogens (tertiary/aromatic N) is 1. The van der Waals surface area contributed by atoms with Crippen molar-refractivity contribution in [3.05, 3.63) is 66.2 Å². The average Bonchev–Trinajstić information content (AvgIpc) is 2.59. The van der Waals surface area contributed by atoms with Crippen LogP contribution >= 0.6 is 24.0 Å². The van der Waals surface area contributed by atoms with E-state index in [0.717, 1.165) is 24.7 Å². The highest BCUT2D eigenvalue weighted by atomic mass is 127. The minimum absolute atomic E-state index is 0. The van der Waals surface area contributed by atoms with Crippen molar-refractivity contribution in [2.75, 3.05) is 20.1 Å². The van der Waals surface area contributed by atoms with Gasteiger partial charge in [-0.3, -0.25) is 4.99 Å². The summed E-state index contributed by atoms with van der Waals surface area (Å²) in [5.74, 6) is 1.68. The van der Waals surface area contributed by atoms with E-state index < -0.39 is 0 Å². The zero-order valence-corrected chi connectivity index (χ0v) is 16.6. The quantitative estimate of drug-likeness (QED) is 0.395. The Labute approximate surface area is 161 Å². The molecule has 4 nitrogen and oxygen atoms in total. The van der Waals surface area contributed by atoms with Crippen LogP contribution in [0.15, 0.2) is 65.7 Å². The van der Waals surface area contributed by atoms with Crippen LogP contribution in [0.4, 0.5) is 0 Å². The highest BCUT2D eigenvalue weighted by Crippen LogP contribution is 2.10. The Morgan fingerprint density at radius 2 is 1.62 bits per heavy atom. The Bertz CT molecular complexity index is 590. The van der Waals surface area contributed by atoms with Gasteiger partial charge in [-0.2, -0.15) is 0 Å². The van der Waals surface area contributed by atoms with E-state index in [0.29, 0.717) is 6.54 Å². The summed E-state index contributed by atoms with van der Waals surface area (Å²) in [4.78, 5) is 4.24. The molecular weight excluding hydrogens is 413 g/mol. The van der Waals surface area contributed by atoms with Crippen LogP contribution < -0.4 is 15.4 Å². The number of benzene rings is 2. The van der Waals surface area contributed by atoms with Crippen molar-refractivity contribution in [2.45, 2.75) is 19.4 Å². The van der Waals surface area contributed by atoms with Crippen molar-refractivity contribution < 1.29 is 4.74 Å². The van der Waals surface area contributed by atoms with Gasteiger partial charge >= 0.3 is 0 Å². The molecule has 0 heterocycles. The summed E-state index contributed by atoms with van der Waals surface area (Å²) in [7, 11) is 1.78. The molecule has 2 aromatic carbocycles. The van der Waals surface area contributed by atoms with Gasteiger partial charge in [0.25, 0.3) is 0 Å². The van der Waals surface area contributed by atoms with Gasteiger partial charge in [-0.15, -0.1) is 24.0 Å². The molecule has 0 spiro atoms. The monoisotopic (exact) mass is 439 g/mol. The number of ether oxygens (including phenoxy) is 1. The Kier molecular flexibility index (Phi) is 9.91. The zero-order valence-electron chi connectivity index (χ0n) is 14.2. The van der Waals surface area contributed by atoms with Crippen molar-refractivity contribution in [1.82, 2.24) is 10.6 Å². The molecule has 5 heteroatoms. The normalized spacial score (nSPS) is 12.0. The Balaban J connectivity index is 0.00000288. The minimum Gasteiger partial charge on any atom is -0.489 e. The van der Waals surface area contributed by atoms with Gasteiger partial charge in [-0.25, -0.2) is 0 Å². The number of para-hydroxylation sites is 1. The van der Waals surface area contributed by atoms with Crippen molar-refractivity contribution in [3.8, 4) is 5.75 Å². The summed E-state index contributed by atoms with van der Waals surface area (Å²) in [6.45, 7) is 3.58. The van der Waals surface area contributed by atoms with Crippen LogP contribution in [0.1, 0.15) is 12.5 Å². The third-order valence-electron chi connectivity index (χ3n) is 3.41. The lowest BCUT2D eigenvalue weighted by Crippen LogP contribution is -2.42. The number of halogens is 1. The van der Waals surface area contributed by atoms with Gasteiger partial charge in [0.15, 0.2) is 5.96 Å². The fraction of sp³-hybridized carbons (Fsp3) is 0.316. The standard InChI is InChI=1S/C19H25N3O.HI/c1-16(23-18-11-7-4-8-12-18)15-22-19(20-2)21-14-13-17-9-5-3-6-10-17;/h3-12,16H,13-15H2,1-2H3,(H2,20,21,22);1H. The molecule has 0 amide bonds. The highest BCUT2D eigenvalue weighted by molar-refractivity contribution is 14.0. The lowest BCUT2D eigenvalue weighted by Gasteiger charge is -2.17. The SMILES string of the molecule is CN=C(NCCc1ccccc1)NCC(C)Oc1ccccc1.I. The average molecular weight is 439 g/mol. The molecule has 2 rings (SSSR count). The second kappa shape index (κ2) is 11.7. The number of nitrogens with one attached hydrogen (secondary N) is 2. The maximum absolute atomic E-state index is 5.84. The zero-order chi connectivity index (χ0) is 16.3. The van der Waals surface area contributed by atoms with Crippen molar-refractivity contribution in [1.29, 1.82) is 0 Å². The van der Waals surface area contributed by atoms with Gasteiger partial charge < -0.3 is 15.4 Å². The van der Waals surface area contributed by atoms with Crippen LogP contribution in [-0.4, -0.2) is 32.2 Å². The molecule has 24 heavy (non-hydrogen) atoms. The van der Waals surface area contributed by atoms with E-state index in [1.807, 2.05) is 43.3 Å². The fourth-order valence-corrected chi connectivity index (χ4v) is 2.20. The van der Waals surface area contributed by atoms with Crippen LogP contribution in [0.25, 0.3) is 0 Å². The van der Waals surface area contributed by atoms with E-state index in [9.17, 15) is 0 Å². The number of aliphatic imine (C=N–C) groups is 1. The van der Waals surface area contributed by atoms with Crippen molar-refractivity contribution in [3.63, 3.8) is 0 Å². The van der Waals surface area contributed by atoms with Crippen molar-refractivity contribution in [2.24, 2.45) is 4.99 Å². The molecule has 0 aliphatic heterocycles. The molecule has 130 valence electrons. The Morgan fingerprint density at radius 3 is 2.25 bits per heavy atom. The number of hydrogen-bond acceptors (Lipinski definition) is 2. The molecule has 0 saturated carbocycles. The van der Waals surface area contributed by atoms with Crippen LogP contribution in [0.3, 0.4) is 0 Å². The molecule has 2 N–H and O–H groups in total. The predicted molar refractivity (Wildman–Crippen MR) is 111 cm³/mol. The third kappa shape index (κ3) is 7.68. The first-order chi connectivity index (χ1) is 11.3. The van der Waals surface area contributed by atoms with E-state index in [-0.39, 0.29) is 30.1 Å². The van der Waals surface area contributed by atoms with Crippen LogP contribution in [0.5, 0.6) is 5.75 Å². The Hall–Kier alpha value is -1.76. The summed E-state index contributed by atoms with van der Waals surface area (Å²) in [6, 6.07) is 20.3. The molecule has 0 aliphatic carbocycles. The molecule has 0 bridgehead atoms. The summed E-state index contributed by atoms with van der Waals surface area (Å²) >= 11 is 0. The maximum atomic E-state index is 5.84. The van der Waals surface area contributed by atoms with Crippen molar-refractivity contribution >= 4 is 29.9 Å². The van der Waals surface area contributed by atoms with Gasteiger partial charge in [0, 0.05) is 13.6 Å². The largest absolute Gasteiger partial charge is 0.489 e. The molecule has 0 aliphatic rings. The summed E-state index contributed by atoms with van der Waals surface area (Å²) in [5.41, 5.74) is 1.32. The smallest absolute Gasteiger partial charge is 0.191 e. The van der Waals surface area contributed by atoms with E-state index in [1.165, 1.54) is 5.56 Å². The first-order valence-corrected chi connectivity index (χ1v) is 7.98. The van der Waals surface area contributed by atoms with Gasteiger partial charge in [-0.1, -0.05) is 48.5 Å². The number of rotatable bonds is 7. The van der Waals surface area contributed by atoms with Gasteiger partial charge in [0.05, 0.1) is 6.54 Å². The molecule has 0 saturated heterocycles. The minimum atomic E-state index is 0. The molecular formula is C19H26IN3O. The van der Waals surface area contributed by atoms with Crippen LogP contribution in [-0.2, 0) is 6.42 Å². The molecule has 1 atom stereocenters. The van der Waals surface area contributed by atoms with E-state index in [4.69, 9.17) is 4.74 Å². The Morgan fingerprint density at radius 1 is 1.00 bits per heavy atom. The van der Waals surface area contributed by atoms with E-state index in [1.54, 1.807) is 7.05 Å².